The van der Waals surface area contributed by atoms with Crippen molar-refractivity contribution in [3.05, 3.63) is 45.7 Å². The first-order valence-electron chi connectivity index (χ1n) is 6.43. The molecule has 0 spiro atoms. The summed E-state index contributed by atoms with van der Waals surface area (Å²) in [6, 6.07) is 7.38. The van der Waals surface area contributed by atoms with Crippen molar-refractivity contribution >= 4 is 21.7 Å². The fourth-order valence-electron chi connectivity index (χ4n) is 2.01. The molecule has 0 N–H and O–H groups in total. The van der Waals surface area contributed by atoms with Gasteiger partial charge in [-0.2, -0.15) is 5.10 Å². The standard InChI is InChI=1S/C15H17BrN2O2/c1-4-10-7-11(18(2)17-10)8-15(19)13-9-12(20-3)5-6-14(13)16/h5-7,9H,4,8H2,1-3H3. The normalized spacial score (nSPS) is 10.6. The van der Waals surface area contributed by atoms with Crippen molar-refractivity contribution in [3.8, 4) is 5.75 Å². The van der Waals surface area contributed by atoms with Gasteiger partial charge < -0.3 is 4.74 Å². The van der Waals surface area contributed by atoms with Crippen LogP contribution in [0.25, 0.3) is 0 Å². The molecule has 0 saturated carbocycles. The third-order valence-corrected chi connectivity index (χ3v) is 3.90. The molecule has 0 atom stereocenters. The Balaban J connectivity index is 2.25. The fraction of sp³-hybridized carbons (Fsp3) is 0.333. The van der Waals surface area contributed by atoms with Gasteiger partial charge in [-0.25, -0.2) is 0 Å². The summed E-state index contributed by atoms with van der Waals surface area (Å²) in [6.45, 7) is 2.05. The minimum absolute atomic E-state index is 0.0430. The van der Waals surface area contributed by atoms with E-state index in [4.69, 9.17) is 4.74 Å². The second-order valence-electron chi connectivity index (χ2n) is 4.55. The van der Waals surface area contributed by atoms with Gasteiger partial charge in [0.2, 0.25) is 0 Å². The topological polar surface area (TPSA) is 44.1 Å². The van der Waals surface area contributed by atoms with Crippen molar-refractivity contribution in [2.45, 2.75) is 19.8 Å². The Morgan fingerprint density at radius 1 is 1.40 bits per heavy atom. The summed E-state index contributed by atoms with van der Waals surface area (Å²) < 4.78 is 7.71. The van der Waals surface area contributed by atoms with E-state index in [1.54, 1.807) is 17.9 Å². The number of hydrogen-bond acceptors (Lipinski definition) is 3. The number of methoxy groups -OCH3 is 1. The Kier molecular flexibility index (Phi) is 4.60. The predicted molar refractivity (Wildman–Crippen MR) is 81.3 cm³/mol. The van der Waals surface area contributed by atoms with E-state index < -0.39 is 0 Å². The molecule has 2 rings (SSSR count). The number of aryl methyl sites for hydroxylation is 2. The number of halogens is 1. The molecule has 1 aromatic carbocycles. The van der Waals surface area contributed by atoms with Gasteiger partial charge in [-0.1, -0.05) is 22.9 Å². The number of aromatic nitrogens is 2. The SMILES string of the molecule is CCc1cc(CC(=O)c2cc(OC)ccc2Br)n(C)n1. The quantitative estimate of drug-likeness (QED) is 0.787. The molecule has 106 valence electrons. The second-order valence-corrected chi connectivity index (χ2v) is 5.40. The van der Waals surface area contributed by atoms with Crippen LogP contribution in [-0.4, -0.2) is 22.7 Å². The molecule has 0 fully saturated rings. The van der Waals surface area contributed by atoms with E-state index >= 15 is 0 Å². The number of nitrogens with zero attached hydrogens (tertiary/aromatic N) is 2. The van der Waals surface area contributed by atoms with E-state index in [0.29, 0.717) is 17.7 Å². The maximum absolute atomic E-state index is 12.4. The molecule has 20 heavy (non-hydrogen) atoms. The predicted octanol–water partition coefficient (Wildman–Crippen LogP) is 3.18. The van der Waals surface area contributed by atoms with Crippen LogP contribution in [0.5, 0.6) is 5.75 Å². The first-order valence-corrected chi connectivity index (χ1v) is 7.23. The van der Waals surface area contributed by atoms with Crippen LogP contribution in [0.4, 0.5) is 0 Å². The van der Waals surface area contributed by atoms with Gasteiger partial charge in [0.25, 0.3) is 0 Å². The zero-order valence-corrected chi connectivity index (χ0v) is 13.4. The molecular weight excluding hydrogens is 320 g/mol. The van der Waals surface area contributed by atoms with E-state index in [1.807, 2.05) is 32.2 Å². The summed E-state index contributed by atoms with van der Waals surface area (Å²) in [4.78, 5) is 12.4. The van der Waals surface area contributed by atoms with Crippen LogP contribution in [-0.2, 0) is 19.9 Å². The minimum Gasteiger partial charge on any atom is -0.497 e. The van der Waals surface area contributed by atoms with Crippen molar-refractivity contribution in [2.24, 2.45) is 7.05 Å². The number of carbonyl (C=O) groups excluding carboxylic acids is 1. The number of carbonyl (C=O) groups is 1. The van der Waals surface area contributed by atoms with E-state index in [0.717, 1.165) is 22.3 Å². The average Bonchev–Trinajstić information content (AvgIpc) is 2.80. The molecule has 0 saturated heterocycles. The molecule has 0 aliphatic rings. The van der Waals surface area contributed by atoms with Crippen LogP contribution >= 0.6 is 15.9 Å². The smallest absolute Gasteiger partial charge is 0.170 e. The lowest BCUT2D eigenvalue weighted by Gasteiger charge is -2.07. The Hall–Kier alpha value is -1.62. The van der Waals surface area contributed by atoms with Crippen molar-refractivity contribution < 1.29 is 9.53 Å². The third kappa shape index (κ3) is 3.10. The van der Waals surface area contributed by atoms with E-state index in [1.165, 1.54) is 0 Å². The lowest BCUT2D eigenvalue weighted by Crippen LogP contribution is -2.08. The van der Waals surface area contributed by atoms with Gasteiger partial charge in [0, 0.05) is 22.8 Å². The van der Waals surface area contributed by atoms with Gasteiger partial charge in [-0.05, 0) is 30.7 Å². The van der Waals surface area contributed by atoms with Crippen LogP contribution in [0, 0.1) is 0 Å². The first kappa shape index (κ1) is 14.8. The molecule has 0 amide bonds. The summed E-state index contributed by atoms with van der Waals surface area (Å²) >= 11 is 3.41. The molecule has 5 heteroatoms. The monoisotopic (exact) mass is 336 g/mol. The van der Waals surface area contributed by atoms with Crippen LogP contribution < -0.4 is 4.74 Å². The Morgan fingerprint density at radius 2 is 2.15 bits per heavy atom. The number of ketones is 1. The van der Waals surface area contributed by atoms with Crippen LogP contribution in [0.3, 0.4) is 0 Å². The number of ether oxygens (including phenoxy) is 1. The van der Waals surface area contributed by atoms with Gasteiger partial charge in [0.05, 0.1) is 19.2 Å². The van der Waals surface area contributed by atoms with Crippen molar-refractivity contribution in [1.29, 1.82) is 0 Å². The molecule has 0 aliphatic heterocycles. The Bertz CT molecular complexity index is 635. The summed E-state index contributed by atoms with van der Waals surface area (Å²) in [5.41, 5.74) is 2.55. The first-order chi connectivity index (χ1) is 9.55. The van der Waals surface area contributed by atoms with Crippen LogP contribution in [0.15, 0.2) is 28.7 Å². The lowest BCUT2D eigenvalue weighted by atomic mass is 10.1. The highest BCUT2D eigenvalue weighted by Crippen LogP contribution is 2.24. The van der Waals surface area contributed by atoms with Crippen molar-refractivity contribution in [1.82, 2.24) is 9.78 Å². The molecule has 1 heterocycles. The third-order valence-electron chi connectivity index (χ3n) is 3.21. The largest absolute Gasteiger partial charge is 0.497 e. The Morgan fingerprint density at radius 3 is 2.75 bits per heavy atom. The number of rotatable bonds is 5. The summed E-state index contributed by atoms with van der Waals surface area (Å²) in [6.07, 6.45) is 1.19. The van der Waals surface area contributed by atoms with E-state index in [9.17, 15) is 4.79 Å². The average molecular weight is 337 g/mol. The molecular formula is C15H17BrN2O2. The minimum atomic E-state index is 0.0430. The number of hydrogen-bond donors (Lipinski definition) is 0. The van der Waals surface area contributed by atoms with Gasteiger partial charge in [0.15, 0.2) is 5.78 Å². The summed E-state index contributed by atoms with van der Waals surface area (Å²) in [5, 5.41) is 4.36. The van der Waals surface area contributed by atoms with Crippen LogP contribution in [0.2, 0.25) is 0 Å². The van der Waals surface area contributed by atoms with Crippen molar-refractivity contribution in [3.63, 3.8) is 0 Å². The summed E-state index contributed by atoms with van der Waals surface area (Å²) in [5.74, 6) is 0.720. The molecule has 2 aromatic rings. The fourth-order valence-corrected chi connectivity index (χ4v) is 2.48. The zero-order valence-electron chi connectivity index (χ0n) is 11.8. The van der Waals surface area contributed by atoms with Gasteiger partial charge >= 0.3 is 0 Å². The highest BCUT2D eigenvalue weighted by molar-refractivity contribution is 9.10. The molecule has 1 aromatic heterocycles. The molecule has 0 bridgehead atoms. The summed E-state index contributed by atoms with van der Waals surface area (Å²) in [7, 11) is 3.45. The number of benzene rings is 1. The molecule has 0 unspecified atom stereocenters. The van der Waals surface area contributed by atoms with E-state index in [2.05, 4.69) is 21.0 Å². The zero-order chi connectivity index (χ0) is 14.7. The van der Waals surface area contributed by atoms with Gasteiger partial charge in [-0.15, -0.1) is 0 Å². The van der Waals surface area contributed by atoms with Crippen LogP contribution in [0.1, 0.15) is 28.7 Å². The lowest BCUT2D eigenvalue weighted by molar-refractivity contribution is 0.0989. The molecule has 4 nitrogen and oxygen atoms in total. The maximum Gasteiger partial charge on any atom is 0.170 e. The van der Waals surface area contributed by atoms with Gasteiger partial charge in [-0.3, -0.25) is 9.48 Å². The highest BCUT2D eigenvalue weighted by atomic mass is 79.9. The molecule has 0 radical (unpaired) electrons. The maximum atomic E-state index is 12.4. The van der Waals surface area contributed by atoms with Crippen molar-refractivity contribution in [2.75, 3.05) is 7.11 Å². The number of Topliss-reactive ketones (excluding diaryl/α,β-unsaturated/α-hetero) is 1. The van der Waals surface area contributed by atoms with E-state index in [-0.39, 0.29) is 5.78 Å². The Labute approximate surface area is 126 Å². The second kappa shape index (κ2) is 6.22. The highest BCUT2D eigenvalue weighted by Gasteiger charge is 2.15. The van der Waals surface area contributed by atoms with Gasteiger partial charge in [0.1, 0.15) is 5.75 Å². The molecule has 0 aliphatic carbocycles.